The summed E-state index contributed by atoms with van der Waals surface area (Å²) in [6.45, 7) is 0. The third-order valence-corrected chi connectivity index (χ3v) is 11.9. The van der Waals surface area contributed by atoms with E-state index in [4.69, 9.17) is 32.8 Å². The predicted molar refractivity (Wildman–Crippen MR) is 238 cm³/mol. The summed E-state index contributed by atoms with van der Waals surface area (Å²) >= 11 is 2.05. The molecule has 262 valence electrons. The van der Waals surface area contributed by atoms with Crippen LogP contribution in [0.4, 0.5) is 0 Å². The number of benzene rings is 8. The Balaban J connectivity index is 1.14. The summed E-state index contributed by atoms with van der Waals surface area (Å²) < 4.78 is 123. The van der Waals surface area contributed by atoms with Crippen molar-refractivity contribution in [2.75, 3.05) is 0 Å². The van der Waals surface area contributed by atoms with Crippen LogP contribution < -0.4 is 0 Å². The topological polar surface area (TPSA) is 38.7 Å². The van der Waals surface area contributed by atoms with E-state index in [-0.39, 0.29) is 113 Å². The summed E-state index contributed by atoms with van der Waals surface area (Å²) in [5, 5.41) is 0.507. The molecule has 56 heavy (non-hydrogen) atoms. The fourth-order valence-electron chi connectivity index (χ4n) is 7.04. The van der Waals surface area contributed by atoms with Gasteiger partial charge in [0, 0.05) is 57.0 Å². The van der Waals surface area contributed by atoms with Gasteiger partial charge in [0.05, 0.1) is 19.2 Å². The second-order valence-corrected chi connectivity index (χ2v) is 14.9. The first-order chi connectivity index (χ1) is 33.6. The molecule has 0 saturated heterocycles. The molecule has 8 aromatic carbocycles. The number of rotatable bonds is 6. The number of hydrogen-bond acceptors (Lipinski definition) is 5. The average molecular weight is 764 g/mol. The van der Waals surface area contributed by atoms with Crippen LogP contribution in [0, 0.1) is 0 Å². The van der Waals surface area contributed by atoms with Crippen LogP contribution in [-0.2, 0) is 0 Å². The minimum atomic E-state index is -0.482. The molecule has 0 radical (unpaired) electrons. The lowest BCUT2D eigenvalue weighted by atomic mass is 9.96. The summed E-state index contributed by atoms with van der Waals surface area (Å²) in [7, 11) is 0. The maximum absolute atomic E-state index is 9.34. The third-order valence-electron chi connectivity index (χ3n) is 9.64. The molecule has 0 aliphatic heterocycles. The van der Waals surface area contributed by atoms with Crippen molar-refractivity contribution < 1.29 is 19.2 Å². The van der Waals surface area contributed by atoms with E-state index in [9.17, 15) is 1.37 Å². The number of thiophene rings is 2. The minimum Gasteiger partial charge on any atom is -0.208 e. The highest BCUT2D eigenvalue weighted by Crippen LogP contribution is 2.43. The van der Waals surface area contributed by atoms with Crippen LogP contribution in [-0.4, -0.2) is 15.0 Å². The van der Waals surface area contributed by atoms with Crippen molar-refractivity contribution in [1.82, 2.24) is 15.0 Å². The van der Waals surface area contributed by atoms with E-state index in [1.54, 1.807) is 12.1 Å². The van der Waals surface area contributed by atoms with E-state index in [2.05, 4.69) is 0 Å². The largest absolute Gasteiger partial charge is 0.208 e. The van der Waals surface area contributed by atoms with E-state index in [1.807, 2.05) is 91.0 Å². The lowest BCUT2D eigenvalue weighted by Crippen LogP contribution is -2.02. The normalized spacial score (nSPS) is 15.1. The van der Waals surface area contributed by atoms with Gasteiger partial charge in [-0.1, -0.05) is 170 Å². The summed E-state index contributed by atoms with van der Waals surface area (Å²) in [6, 6.07) is 26.7. The molecule has 0 unspecified atom stereocenters. The molecule has 0 atom stereocenters. The van der Waals surface area contributed by atoms with Crippen LogP contribution in [0.1, 0.15) is 19.2 Å². The first-order valence-corrected chi connectivity index (χ1v) is 19.2. The quantitative estimate of drug-likeness (QED) is 0.169. The summed E-state index contributed by atoms with van der Waals surface area (Å²) in [5.41, 5.74) is 5.12. The SMILES string of the molecule is [2H]c1c([2H])c([2H])c2c(sc3c(-c4ccc(-c5ccccc5-c5nc(-c6ccccc6-c6ccccc6)nc(-c6c([2H])c([2H])c([2H])c7c6sc6c([2H])c([2H])c([2H])c([2H])c67)n5)cc4)c([2H])c([2H])c([2H])c32)c1[2H]. The number of nitrogens with zero attached hydrogens (tertiary/aromatic N) is 3. The highest BCUT2D eigenvalue weighted by Gasteiger charge is 2.20. The molecule has 0 spiro atoms. The molecule has 0 aliphatic rings. The van der Waals surface area contributed by atoms with Crippen LogP contribution in [0.3, 0.4) is 0 Å². The zero-order chi connectivity index (χ0) is 49.2. The summed E-state index contributed by atoms with van der Waals surface area (Å²) in [5.74, 6) is 0.400. The Morgan fingerprint density at radius 1 is 0.321 bits per heavy atom. The van der Waals surface area contributed by atoms with Gasteiger partial charge in [-0.15, -0.1) is 22.7 Å². The van der Waals surface area contributed by atoms with Crippen LogP contribution >= 0.6 is 22.7 Å². The van der Waals surface area contributed by atoms with Crippen molar-refractivity contribution in [2.24, 2.45) is 0 Å². The van der Waals surface area contributed by atoms with Gasteiger partial charge in [-0.3, -0.25) is 0 Å². The molecule has 0 fully saturated rings. The van der Waals surface area contributed by atoms with Gasteiger partial charge in [-0.2, -0.15) is 0 Å². The molecule has 0 saturated carbocycles. The first kappa shape index (κ1) is 21.3. The number of aromatic nitrogens is 3. The molecule has 0 amide bonds. The molecule has 0 N–H and O–H groups in total. The van der Waals surface area contributed by atoms with Gasteiger partial charge in [0.2, 0.25) is 0 Å². The van der Waals surface area contributed by atoms with E-state index in [1.165, 1.54) is 0 Å². The van der Waals surface area contributed by atoms with E-state index in [0.717, 1.165) is 33.8 Å². The zero-order valence-electron chi connectivity index (χ0n) is 43.0. The summed E-state index contributed by atoms with van der Waals surface area (Å²) in [6.07, 6.45) is 0. The third kappa shape index (κ3) is 5.51. The maximum Gasteiger partial charge on any atom is 0.165 e. The number of fused-ring (bicyclic) bond motifs is 6. The van der Waals surface area contributed by atoms with Crippen LogP contribution in [0.5, 0.6) is 0 Å². The molecular formula is C51H31N3S2. The molecule has 3 heterocycles. The van der Waals surface area contributed by atoms with E-state index >= 15 is 0 Å². The fraction of sp³-hybridized carbons (Fsp3) is 0. The minimum absolute atomic E-state index is 0.0144. The van der Waals surface area contributed by atoms with Gasteiger partial charge >= 0.3 is 0 Å². The Hall–Kier alpha value is -6.79. The smallest absolute Gasteiger partial charge is 0.165 e. The standard InChI is InChI=1S/C51H31N3S2/c1-2-14-32(15-3-1)35-16-4-6-20-42(35)49-52-50(54-51(53-49)44-25-13-24-41-39-19-9-11-27-46(39)56-48(41)44)43-21-7-5-17-36(43)33-28-30-34(31-29-33)37-22-12-23-40-38-18-8-10-26-45(38)55-47(37)40/h1-31H/i8D,9D,10D,11D,12D,13D,18D,19D,22D,23D,24D,25D,26D,27D. The zero-order valence-corrected chi connectivity index (χ0v) is 30.6. The second-order valence-electron chi connectivity index (χ2n) is 12.9. The maximum atomic E-state index is 9.34. The highest BCUT2D eigenvalue weighted by molar-refractivity contribution is 7.26. The van der Waals surface area contributed by atoms with Gasteiger partial charge in [-0.05, 0) is 51.5 Å². The molecule has 11 aromatic rings. The van der Waals surface area contributed by atoms with Crippen molar-refractivity contribution in [3.8, 4) is 67.5 Å². The van der Waals surface area contributed by atoms with Gasteiger partial charge in [-0.25, -0.2) is 15.0 Å². The molecular weight excluding hydrogens is 719 g/mol. The Bertz CT molecular complexity index is 4060. The van der Waals surface area contributed by atoms with Crippen LogP contribution in [0.2, 0.25) is 0 Å². The Kier molecular flexibility index (Phi) is 5.14. The van der Waals surface area contributed by atoms with Gasteiger partial charge in [0.25, 0.3) is 0 Å². The highest BCUT2D eigenvalue weighted by atomic mass is 32.1. The molecule has 3 aromatic heterocycles. The van der Waals surface area contributed by atoms with Crippen molar-refractivity contribution in [3.63, 3.8) is 0 Å². The average Bonchev–Trinajstić information content (AvgIpc) is 3.98. The molecule has 5 heteroatoms. The Morgan fingerprint density at radius 2 is 0.714 bits per heavy atom. The first-order valence-electron chi connectivity index (χ1n) is 24.5. The van der Waals surface area contributed by atoms with Crippen LogP contribution in [0.15, 0.2) is 188 Å². The number of hydrogen-bond donors (Lipinski definition) is 0. The Labute approximate surface area is 351 Å². The Morgan fingerprint density at radius 3 is 1.27 bits per heavy atom. The van der Waals surface area contributed by atoms with Crippen molar-refractivity contribution in [3.05, 3.63) is 188 Å². The molecule has 11 rings (SSSR count). The van der Waals surface area contributed by atoms with Crippen molar-refractivity contribution >= 4 is 63.0 Å². The molecule has 0 bridgehead atoms. The van der Waals surface area contributed by atoms with Crippen molar-refractivity contribution in [2.45, 2.75) is 0 Å². The fourth-order valence-corrected chi connectivity index (χ4v) is 9.19. The predicted octanol–water partition coefficient (Wildman–Crippen LogP) is 14.6. The molecule has 0 aliphatic carbocycles. The second kappa shape index (κ2) is 13.5. The van der Waals surface area contributed by atoms with Gasteiger partial charge < -0.3 is 0 Å². The lowest BCUT2D eigenvalue weighted by molar-refractivity contribution is 1.08. The summed E-state index contributed by atoms with van der Waals surface area (Å²) in [4.78, 5) is 15.1. The monoisotopic (exact) mass is 763 g/mol. The van der Waals surface area contributed by atoms with Crippen molar-refractivity contribution in [1.29, 1.82) is 0 Å². The van der Waals surface area contributed by atoms with Gasteiger partial charge in [0.15, 0.2) is 17.5 Å². The molecule has 3 nitrogen and oxygen atoms in total. The van der Waals surface area contributed by atoms with Crippen LogP contribution in [0.25, 0.3) is 108 Å². The van der Waals surface area contributed by atoms with E-state index in [0.29, 0.717) is 38.1 Å². The van der Waals surface area contributed by atoms with E-state index < -0.39 is 30.2 Å². The lowest BCUT2D eigenvalue weighted by Gasteiger charge is -2.14. The van der Waals surface area contributed by atoms with Gasteiger partial charge in [0.1, 0.15) is 0 Å².